The molecule has 4 rings (SSSR count). The Labute approximate surface area is 154 Å². The van der Waals surface area contributed by atoms with Crippen molar-refractivity contribution in [3.63, 3.8) is 0 Å². The fraction of sp³-hybridized carbons (Fsp3) is 0.737. The number of hydrogen-bond donors (Lipinski definition) is 2. The van der Waals surface area contributed by atoms with Gasteiger partial charge >= 0.3 is 0 Å². The minimum absolute atomic E-state index is 0.0214. The third kappa shape index (κ3) is 3.92. The normalized spacial score (nSPS) is 25.3. The summed E-state index contributed by atoms with van der Waals surface area (Å²) < 4.78 is 0. The first kappa shape index (κ1) is 17.5. The van der Waals surface area contributed by atoms with Crippen molar-refractivity contribution in [3.05, 3.63) is 17.5 Å². The minimum Gasteiger partial charge on any atom is -0.353 e. The van der Waals surface area contributed by atoms with Crippen LogP contribution in [0.15, 0.2) is 6.07 Å². The van der Waals surface area contributed by atoms with E-state index in [0.717, 1.165) is 70.4 Å². The Bertz CT molecular complexity index is 661. The largest absolute Gasteiger partial charge is 0.353 e. The first-order valence-corrected chi connectivity index (χ1v) is 9.96. The molecular formula is C19H29N5O2. The van der Waals surface area contributed by atoms with Gasteiger partial charge in [0.15, 0.2) is 0 Å². The molecule has 2 saturated heterocycles. The number of aromatic amines is 1. The number of carbonyl (C=O) groups is 2. The highest BCUT2D eigenvalue weighted by Gasteiger charge is 2.34. The molecular weight excluding hydrogens is 330 g/mol. The standard InChI is InChI=1S/C19H29N5O2/c1-13-11-17(22-21-13)19(26)23-9-6-16(7-10-23)24-8-2-3-14(12-24)18(25)20-15-4-5-15/h11,14-16H,2-10,12H2,1H3,(H,20,25)(H,21,22). The highest BCUT2D eigenvalue weighted by atomic mass is 16.2. The fourth-order valence-corrected chi connectivity index (χ4v) is 4.22. The smallest absolute Gasteiger partial charge is 0.274 e. The maximum atomic E-state index is 12.5. The van der Waals surface area contributed by atoms with Crippen molar-refractivity contribution < 1.29 is 9.59 Å². The van der Waals surface area contributed by atoms with Crippen LogP contribution in [0.2, 0.25) is 0 Å². The molecule has 3 heterocycles. The summed E-state index contributed by atoms with van der Waals surface area (Å²) in [6.07, 6.45) is 6.34. The maximum Gasteiger partial charge on any atom is 0.274 e. The van der Waals surface area contributed by atoms with Crippen LogP contribution in [-0.4, -0.2) is 70.1 Å². The van der Waals surface area contributed by atoms with Crippen molar-refractivity contribution in [2.45, 2.75) is 57.5 Å². The third-order valence-electron chi connectivity index (χ3n) is 5.94. The summed E-state index contributed by atoms with van der Waals surface area (Å²) in [5.74, 6) is 0.405. The van der Waals surface area contributed by atoms with E-state index in [1.165, 1.54) is 0 Å². The molecule has 0 radical (unpaired) electrons. The highest BCUT2D eigenvalue weighted by Crippen LogP contribution is 2.26. The number of rotatable bonds is 4. The zero-order valence-corrected chi connectivity index (χ0v) is 15.5. The van der Waals surface area contributed by atoms with E-state index in [1.807, 2.05) is 17.9 Å². The number of hydrogen-bond acceptors (Lipinski definition) is 4. The molecule has 2 N–H and O–H groups in total. The highest BCUT2D eigenvalue weighted by molar-refractivity contribution is 5.92. The molecule has 3 aliphatic rings. The monoisotopic (exact) mass is 359 g/mol. The van der Waals surface area contributed by atoms with Crippen LogP contribution in [0.3, 0.4) is 0 Å². The van der Waals surface area contributed by atoms with Crippen LogP contribution < -0.4 is 5.32 Å². The van der Waals surface area contributed by atoms with Crippen molar-refractivity contribution in [2.24, 2.45) is 5.92 Å². The molecule has 3 fully saturated rings. The molecule has 1 saturated carbocycles. The molecule has 1 unspecified atom stereocenters. The van der Waals surface area contributed by atoms with Crippen molar-refractivity contribution in [2.75, 3.05) is 26.2 Å². The lowest BCUT2D eigenvalue weighted by molar-refractivity contribution is -0.127. The summed E-state index contributed by atoms with van der Waals surface area (Å²) in [5, 5.41) is 10.1. The molecule has 1 aliphatic carbocycles. The Morgan fingerprint density at radius 1 is 1.15 bits per heavy atom. The van der Waals surface area contributed by atoms with Gasteiger partial charge in [-0.05, 0) is 58.1 Å². The fourth-order valence-electron chi connectivity index (χ4n) is 4.22. The molecule has 0 aromatic carbocycles. The average molecular weight is 359 g/mol. The zero-order valence-electron chi connectivity index (χ0n) is 15.5. The topological polar surface area (TPSA) is 81.3 Å². The van der Waals surface area contributed by atoms with E-state index in [0.29, 0.717) is 17.8 Å². The molecule has 7 nitrogen and oxygen atoms in total. The molecule has 1 aromatic rings. The van der Waals surface area contributed by atoms with Crippen LogP contribution in [0.5, 0.6) is 0 Å². The Hall–Kier alpha value is -1.89. The second kappa shape index (κ2) is 7.39. The average Bonchev–Trinajstić information content (AvgIpc) is 3.38. The van der Waals surface area contributed by atoms with Gasteiger partial charge in [-0.3, -0.25) is 19.6 Å². The van der Waals surface area contributed by atoms with E-state index in [-0.39, 0.29) is 17.7 Å². The molecule has 26 heavy (non-hydrogen) atoms. The van der Waals surface area contributed by atoms with Crippen LogP contribution in [0.1, 0.15) is 54.7 Å². The third-order valence-corrected chi connectivity index (χ3v) is 5.94. The minimum atomic E-state index is 0.0214. The predicted octanol–water partition coefficient (Wildman–Crippen LogP) is 1.31. The first-order valence-electron chi connectivity index (χ1n) is 9.96. The van der Waals surface area contributed by atoms with Crippen LogP contribution >= 0.6 is 0 Å². The summed E-state index contributed by atoms with van der Waals surface area (Å²) in [6.45, 7) is 5.39. The van der Waals surface area contributed by atoms with Crippen molar-refractivity contribution >= 4 is 11.8 Å². The molecule has 142 valence electrons. The van der Waals surface area contributed by atoms with Gasteiger partial charge in [0.2, 0.25) is 5.91 Å². The van der Waals surface area contributed by atoms with Gasteiger partial charge in [0.05, 0.1) is 5.92 Å². The van der Waals surface area contributed by atoms with Gasteiger partial charge in [-0.2, -0.15) is 5.10 Å². The zero-order chi connectivity index (χ0) is 18.1. The van der Waals surface area contributed by atoms with Gasteiger partial charge in [-0.15, -0.1) is 0 Å². The van der Waals surface area contributed by atoms with Gasteiger partial charge < -0.3 is 10.2 Å². The maximum absolute atomic E-state index is 12.5. The van der Waals surface area contributed by atoms with Gasteiger partial charge in [-0.1, -0.05) is 0 Å². The number of H-pyrrole nitrogens is 1. The van der Waals surface area contributed by atoms with E-state index in [1.54, 1.807) is 0 Å². The Kier molecular flexibility index (Phi) is 4.98. The molecule has 7 heteroatoms. The number of piperidine rings is 2. The van der Waals surface area contributed by atoms with Crippen LogP contribution in [0.25, 0.3) is 0 Å². The summed E-state index contributed by atoms with van der Waals surface area (Å²) in [7, 11) is 0. The van der Waals surface area contributed by atoms with Crippen LogP contribution in [0.4, 0.5) is 0 Å². The number of amides is 2. The van der Waals surface area contributed by atoms with Gasteiger partial charge in [0.25, 0.3) is 5.91 Å². The van der Waals surface area contributed by atoms with Crippen molar-refractivity contribution in [1.82, 2.24) is 25.3 Å². The Morgan fingerprint density at radius 2 is 1.92 bits per heavy atom. The number of likely N-dealkylation sites (tertiary alicyclic amines) is 2. The molecule has 1 atom stereocenters. The lowest BCUT2D eigenvalue weighted by Gasteiger charge is -2.41. The summed E-state index contributed by atoms with van der Waals surface area (Å²) in [4.78, 5) is 29.3. The van der Waals surface area contributed by atoms with Crippen LogP contribution in [0, 0.1) is 12.8 Å². The van der Waals surface area contributed by atoms with E-state index in [9.17, 15) is 9.59 Å². The SMILES string of the molecule is Cc1cc(C(=O)N2CCC(N3CCCC(C(=O)NC4CC4)C3)CC2)n[nH]1. The van der Waals surface area contributed by atoms with Gasteiger partial charge in [-0.25, -0.2) is 0 Å². The summed E-state index contributed by atoms with van der Waals surface area (Å²) >= 11 is 0. The Balaban J connectivity index is 1.28. The van der Waals surface area contributed by atoms with Crippen LogP contribution in [-0.2, 0) is 4.79 Å². The lowest BCUT2D eigenvalue weighted by atomic mass is 9.93. The van der Waals surface area contributed by atoms with Crippen molar-refractivity contribution in [1.29, 1.82) is 0 Å². The number of nitrogens with zero attached hydrogens (tertiary/aromatic N) is 3. The number of aromatic nitrogens is 2. The number of aryl methyl sites for hydroxylation is 1. The van der Waals surface area contributed by atoms with Gasteiger partial charge in [0, 0.05) is 37.4 Å². The first-order chi connectivity index (χ1) is 12.6. The lowest BCUT2D eigenvalue weighted by Crippen LogP contribution is -2.51. The van der Waals surface area contributed by atoms with Crippen molar-refractivity contribution in [3.8, 4) is 0 Å². The summed E-state index contributed by atoms with van der Waals surface area (Å²) in [6, 6.07) is 2.73. The number of nitrogens with one attached hydrogen (secondary N) is 2. The molecule has 2 amide bonds. The summed E-state index contributed by atoms with van der Waals surface area (Å²) in [5.41, 5.74) is 1.42. The van der Waals surface area contributed by atoms with E-state index >= 15 is 0 Å². The molecule has 0 spiro atoms. The van der Waals surface area contributed by atoms with E-state index < -0.39 is 0 Å². The second-order valence-corrected chi connectivity index (χ2v) is 8.08. The molecule has 2 aliphatic heterocycles. The quantitative estimate of drug-likeness (QED) is 0.849. The molecule has 1 aromatic heterocycles. The Morgan fingerprint density at radius 3 is 2.58 bits per heavy atom. The molecule has 0 bridgehead atoms. The van der Waals surface area contributed by atoms with E-state index in [4.69, 9.17) is 0 Å². The second-order valence-electron chi connectivity index (χ2n) is 8.08. The van der Waals surface area contributed by atoms with Gasteiger partial charge in [0.1, 0.15) is 5.69 Å². The van der Waals surface area contributed by atoms with E-state index in [2.05, 4.69) is 20.4 Å². The number of carbonyl (C=O) groups excluding carboxylic acids is 2. The predicted molar refractivity (Wildman–Crippen MR) is 97.7 cm³/mol.